The smallest absolute Gasteiger partial charge is 0.256 e. The van der Waals surface area contributed by atoms with E-state index in [1.807, 2.05) is 6.07 Å². The van der Waals surface area contributed by atoms with Gasteiger partial charge in [0.1, 0.15) is 34.3 Å². The third-order valence-corrected chi connectivity index (χ3v) is 5.97. The molecular weight excluding hydrogens is 449 g/mol. The van der Waals surface area contributed by atoms with Gasteiger partial charge in [-0.1, -0.05) is 6.07 Å². The van der Waals surface area contributed by atoms with Gasteiger partial charge in [0.2, 0.25) is 5.95 Å². The molecule has 0 spiro atoms. The Bertz CT molecular complexity index is 1270. The van der Waals surface area contributed by atoms with Gasteiger partial charge in [0.05, 0.1) is 0 Å². The van der Waals surface area contributed by atoms with Gasteiger partial charge in [-0.15, -0.1) is 0 Å². The zero-order chi connectivity index (χ0) is 24.6. The number of fused-ring (bicyclic) bond motifs is 1. The summed E-state index contributed by atoms with van der Waals surface area (Å²) in [6.45, 7) is 4.70. The van der Waals surface area contributed by atoms with Crippen LogP contribution in [0.4, 0.5) is 27.7 Å². The Morgan fingerprint density at radius 1 is 1.14 bits per heavy atom. The van der Waals surface area contributed by atoms with Gasteiger partial charge in [-0.3, -0.25) is 4.79 Å². The van der Waals surface area contributed by atoms with E-state index in [-0.39, 0.29) is 34.8 Å². The normalized spacial score (nSPS) is 15.3. The number of amides is 1. The maximum Gasteiger partial charge on any atom is 0.256 e. The molecule has 0 atom stereocenters. The largest absolute Gasteiger partial charge is 0.384 e. The molecule has 0 saturated heterocycles. The molecule has 35 heavy (non-hydrogen) atoms. The van der Waals surface area contributed by atoms with Crippen molar-refractivity contribution in [2.24, 2.45) is 0 Å². The number of anilines is 4. The van der Waals surface area contributed by atoms with Crippen LogP contribution in [0.15, 0.2) is 36.5 Å². The predicted molar refractivity (Wildman–Crippen MR) is 130 cm³/mol. The molecule has 5 N–H and O–H groups in total. The first-order valence-electron chi connectivity index (χ1n) is 11.7. The number of carbonyl (C=O) groups is 1. The van der Waals surface area contributed by atoms with Crippen molar-refractivity contribution < 1.29 is 14.3 Å². The van der Waals surface area contributed by atoms with Crippen LogP contribution in [0.1, 0.15) is 53.9 Å². The highest BCUT2D eigenvalue weighted by Gasteiger charge is 2.27. The lowest BCUT2D eigenvalue weighted by molar-refractivity contribution is 0.0696. The fourth-order valence-electron chi connectivity index (χ4n) is 3.94. The van der Waals surface area contributed by atoms with E-state index < -0.39 is 11.4 Å². The molecule has 1 fully saturated rings. The number of hydrogen-bond donors (Lipinski definition) is 5. The Balaban J connectivity index is 1.45. The van der Waals surface area contributed by atoms with E-state index in [4.69, 9.17) is 0 Å². The molecule has 182 valence electrons. The third kappa shape index (κ3) is 5.39. The van der Waals surface area contributed by atoms with E-state index >= 15 is 0 Å². The SMILES string of the molecule is CC(C)(O)c1nc(Nc2nc(Nc3ccc4c(c3)CCNC4)ncc2C(=O)NC2CC2)ccc1F. The third-order valence-electron chi connectivity index (χ3n) is 5.97. The maximum atomic E-state index is 14.2. The molecule has 1 aliphatic carbocycles. The number of carbonyl (C=O) groups excluding carboxylic acids is 1. The molecule has 1 saturated carbocycles. The Kier molecular flexibility index (Phi) is 6.08. The van der Waals surface area contributed by atoms with Crippen molar-refractivity contribution in [2.75, 3.05) is 17.2 Å². The summed E-state index contributed by atoms with van der Waals surface area (Å²) in [4.78, 5) is 25.9. The van der Waals surface area contributed by atoms with Crippen molar-refractivity contribution >= 4 is 29.2 Å². The summed E-state index contributed by atoms with van der Waals surface area (Å²) in [5.41, 5.74) is 2.03. The lowest BCUT2D eigenvalue weighted by Gasteiger charge is -2.19. The predicted octanol–water partition coefficient (Wildman–Crippen LogP) is 3.26. The number of rotatable bonds is 7. The summed E-state index contributed by atoms with van der Waals surface area (Å²) in [5, 5.41) is 22.8. The van der Waals surface area contributed by atoms with Gasteiger partial charge in [-0.05, 0) is 75.0 Å². The lowest BCUT2D eigenvalue weighted by Crippen LogP contribution is -2.27. The molecule has 3 heterocycles. The number of pyridine rings is 1. The van der Waals surface area contributed by atoms with Gasteiger partial charge >= 0.3 is 0 Å². The highest BCUT2D eigenvalue weighted by Crippen LogP contribution is 2.27. The van der Waals surface area contributed by atoms with Gasteiger partial charge in [-0.2, -0.15) is 4.98 Å². The molecule has 1 aromatic carbocycles. The molecule has 9 nitrogen and oxygen atoms in total. The quantitative estimate of drug-likeness (QED) is 0.351. The van der Waals surface area contributed by atoms with Crippen LogP contribution in [-0.4, -0.2) is 38.6 Å². The molecule has 3 aromatic rings. The first kappa shape index (κ1) is 23.1. The zero-order valence-corrected chi connectivity index (χ0v) is 19.7. The van der Waals surface area contributed by atoms with Crippen LogP contribution in [0, 0.1) is 5.82 Å². The zero-order valence-electron chi connectivity index (χ0n) is 19.7. The molecule has 2 aliphatic rings. The van der Waals surface area contributed by atoms with Gasteiger partial charge in [0.15, 0.2) is 0 Å². The molecule has 0 radical (unpaired) electrons. The molecule has 2 aromatic heterocycles. The Morgan fingerprint density at radius 3 is 2.74 bits per heavy atom. The highest BCUT2D eigenvalue weighted by molar-refractivity contribution is 5.99. The van der Waals surface area contributed by atoms with E-state index in [0.717, 1.165) is 38.0 Å². The highest BCUT2D eigenvalue weighted by atomic mass is 19.1. The number of nitrogens with zero attached hydrogens (tertiary/aromatic N) is 3. The summed E-state index contributed by atoms with van der Waals surface area (Å²) in [6.07, 6.45) is 4.28. The number of halogens is 1. The average molecular weight is 478 g/mol. The van der Waals surface area contributed by atoms with E-state index in [2.05, 4.69) is 48.4 Å². The van der Waals surface area contributed by atoms with Crippen molar-refractivity contribution in [3.63, 3.8) is 0 Å². The monoisotopic (exact) mass is 477 g/mol. The molecular formula is C25H28FN7O2. The second kappa shape index (κ2) is 9.20. The standard InChI is InChI=1S/C25H28FN7O2/c1-25(2,35)21-19(26)7-8-20(31-21)32-22-18(23(34)29-16-5-6-16)13-28-24(33-22)30-17-4-3-15-12-27-10-9-14(15)11-17/h3-4,7-8,11,13,16,27,35H,5-6,9-10,12H2,1-2H3,(H,29,34)(H2,28,30,31,32,33). The molecule has 10 heteroatoms. The number of benzene rings is 1. The minimum atomic E-state index is -1.48. The molecule has 1 amide bonds. The van der Waals surface area contributed by atoms with Crippen LogP contribution in [0.2, 0.25) is 0 Å². The first-order chi connectivity index (χ1) is 16.8. The van der Waals surface area contributed by atoms with Crippen LogP contribution in [0.25, 0.3) is 0 Å². The maximum absolute atomic E-state index is 14.2. The first-order valence-corrected chi connectivity index (χ1v) is 11.7. The summed E-state index contributed by atoms with van der Waals surface area (Å²) in [7, 11) is 0. The molecule has 0 unspecified atom stereocenters. The van der Waals surface area contributed by atoms with E-state index in [0.29, 0.717) is 5.95 Å². The van der Waals surface area contributed by atoms with Crippen molar-refractivity contribution in [2.45, 2.75) is 51.3 Å². The summed E-state index contributed by atoms with van der Waals surface area (Å²) in [6, 6.07) is 8.92. The van der Waals surface area contributed by atoms with E-state index in [9.17, 15) is 14.3 Å². The number of aromatic nitrogens is 3. The van der Waals surface area contributed by atoms with Crippen molar-refractivity contribution in [3.8, 4) is 0 Å². The molecule has 5 rings (SSSR count). The van der Waals surface area contributed by atoms with Gasteiger partial charge < -0.3 is 26.4 Å². The summed E-state index contributed by atoms with van der Waals surface area (Å²) >= 11 is 0. The molecule has 1 aliphatic heterocycles. The Labute approximate surface area is 202 Å². The van der Waals surface area contributed by atoms with E-state index in [1.165, 1.54) is 43.3 Å². The van der Waals surface area contributed by atoms with Crippen LogP contribution in [0.3, 0.4) is 0 Å². The van der Waals surface area contributed by atoms with Crippen molar-refractivity contribution in [3.05, 3.63) is 64.7 Å². The van der Waals surface area contributed by atoms with Crippen LogP contribution < -0.4 is 21.3 Å². The summed E-state index contributed by atoms with van der Waals surface area (Å²) in [5.74, 6) is -0.150. The fourth-order valence-corrected chi connectivity index (χ4v) is 3.94. The van der Waals surface area contributed by atoms with Crippen LogP contribution >= 0.6 is 0 Å². The average Bonchev–Trinajstić information content (AvgIpc) is 3.63. The van der Waals surface area contributed by atoms with Crippen LogP contribution in [0.5, 0.6) is 0 Å². The second-order valence-corrected chi connectivity index (χ2v) is 9.45. The fraction of sp³-hybridized carbons (Fsp3) is 0.360. The summed E-state index contributed by atoms with van der Waals surface area (Å²) < 4.78 is 14.2. The van der Waals surface area contributed by atoms with Gasteiger partial charge in [-0.25, -0.2) is 14.4 Å². The van der Waals surface area contributed by atoms with Crippen LogP contribution in [-0.2, 0) is 18.6 Å². The van der Waals surface area contributed by atoms with E-state index in [1.54, 1.807) is 0 Å². The van der Waals surface area contributed by atoms with Gasteiger partial charge in [0, 0.05) is 24.5 Å². The number of aliphatic hydroxyl groups is 1. The lowest BCUT2D eigenvalue weighted by atomic mass is 10.0. The molecule has 0 bridgehead atoms. The number of hydrogen-bond acceptors (Lipinski definition) is 8. The second-order valence-electron chi connectivity index (χ2n) is 9.45. The minimum absolute atomic E-state index is 0.109. The Morgan fingerprint density at radius 2 is 1.97 bits per heavy atom. The van der Waals surface area contributed by atoms with Crippen molar-refractivity contribution in [1.82, 2.24) is 25.6 Å². The Hall–Kier alpha value is -3.63. The topological polar surface area (TPSA) is 124 Å². The number of nitrogens with one attached hydrogen (secondary N) is 4. The van der Waals surface area contributed by atoms with Crippen molar-refractivity contribution in [1.29, 1.82) is 0 Å². The minimum Gasteiger partial charge on any atom is -0.384 e. The van der Waals surface area contributed by atoms with Gasteiger partial charge in [0.25, 0.3) is 5.91 Å².